The second-order valence-electron chi connectivity index (χ2n) is 3.74. The van der Waals surface area contributed by atoms with Gasteiger partial charge in [-0.15, -0.1) is 0 Å². The third-order valence-corrected chi connectivity index (χ3v) is 2.56. The van der Waals surface area contributed by atoms with Crippen LogP contribution in [0.1, 0.15) is 16.1 Å². The average molecular weight is 237 g/mol. The number of aromatic nitrogens is 1. The van der Waals surface area contributed by atoms with Crippen LogP contribution in [0.4, 0.5) is 5.69 Å². The van der Waals surface area contributed by atoms with Crippen molar-refractivity contribution in [1.82, 2.24) is 4.98 Å². The van der Waals surface area contributed by atoms with E-state index in [-0.39, 0.29) is 11.6 Å². The van der Waals surface area contributed by atoms with Crippen LogP contribution in [-0.4, -0.2) is 17.9 Å². The summed E-state index contributed by atoms with van der Waals surface area (Å²) in [6, 6.07) is 14.3. The van der Waals surface area contributed by atoms with Gasteiger partial charge in [0.15, 0.2) is 0 Å². The van der Waals surface area contributed by atoms with Crippen LogP contribution < -0.4 is 4.90 Å². The highest BCUT2D eigenvalue weighted by Gasteiger charge is 2.14. The van der Waals surface area contributed by atoms with Crippen molar-refractivity contribution in [3.63, 3.8) is 0 Å². The lowest BCUT2D eigenvalue weighted by molar-refractivity contribution is 0.0988. The molecule has 0 aliphatic carbocycles. The van der Waals surface area contributed by atoms with E-state index in [1.807, 2.05) is 36.4 Å². The fraction of sp³-hybridized carbons (Fsp3) is 0.0714. The van der Waals surface area contributed by atoms with Crippen molar-refractivity contribution < 1.29 is 4.79 Å². The number of carbonyl (C=O) groups excluding carboxylic acids is 1. The van der Waals surface area contributed by atoms with Gasteiger partial charge < -0.3 is 4.90 Å². The van der Waals surface area contributed by atoms with Crippen molar-refractivity contribution >= 4 is 11.6 Å². The summed E-state index contributed by atoms with van der Waals surface area (Å²) in [4.78, 5) is 17.7. The summed E-state index contributed by atoms with van der Waals surface area (Å²) in [5.74, 6) is -0.238. The van der Waals surface area contributed by atoms with E-state index in [9.17, 15) is 4.79 Å². The lowest BCUT2D eigenvalue weighted by Crippen LogP contribution is -2.27. The first-order valence-electron chi connectivity index (χ1n) is 5.41. The maximum absolute atomic E-state index is 12.2. The number of rotatable bonds is 2. The fourth-order valence-electron chi connectivity index (χ4n) is 1.56. The molecule has 18 heavy (non-hydrogen) atoms. The molecule has 0 atom stereocenters. The highest BCUT2D eigenvalue weighted by molar-refractivity contribution is 6.04. The van der Waals surface area contributed by atoms with Crippen LogP contribution in [0.15, 0.2) is 48.7 Å². The summed E-state index contributed by atoms with van der Waals surface area (Å²) < 4.78 is 0. The van der Waals surface area contributed by atoms with Gasteiger partial charge >= 0.3 is 0 Å². The van der Waals surface area contributed by atoms with Gasteiger partial charge in [-0.2, -0.15) is 5.26 Å². The third-order valence-electron chi connectivity index (χ3n) is 2.56. The topological polar surface area (TPSA) is 57.0 Å². The standard InChI is InChI=1S/C14H11N3O/c1-17(12-5-3-2-4-6-12)14(18)13-9-11(10-15)7-8-16-13/h2-9H,1H3. The molecule has 0 fully saturated rings. The zero-order valence-electron chi connectivity index (χ0n) is 9.87. The van der Waals surface area contributed by atoms with Crippen molar-refractivity contribution in [2.45, 2.75) is 0 Å². The smallest absolute Gasteiger partial charge is 0.276 e. The number of hydrogen-bond acceptors (Lipinski definition) is 3. The Bertz CT molecular complexity index is 602. The molecule has 0 aliphatic heterocycles. The van der Waals surface area contributed by atoms with Crippen LogP contribution >= 0.6 is 0 Å². The Labute approximate surface area is 105 Å². The SMILES string of the molecule is CN(C(=O)c1cc(C#N)ccn1)c1ccccc1. The van der Waals surface area contributed by atoms with Gasteiger partial charge in [-0.05, 0) is 24.3 Å². The number of nitrogens with zero attached hydrogens (tertiary/aromatic N) is 3. The molecule has 1 heterocycles. The minimum atomic E-state index is -0.238. The molecule has 4 heteroatoms. The van der Waals surface area contributed by atoms with Gasteiger partial charge in [0.2, 0.25) is 0 Å². The van der Waals surface area contributed by atoms with Crippen LogP contribution in [0.5, 0.6) is 0 Å². The molecule has 0 spiro atoms. The summed E-state index contributed by atoms with van der Waals surface area (Å²) in [7, 11) is 1.68. The first-order chi connectivity index (χ1) is 8.72. The van der Waals surface area contributed by atoms with E-state index >= 15 is 0 Å². The van der Waals surface area contributed by atoms with E-state index in [2.05, 4.69) is 4.98 Å². The van der Waals surface area contributed by atoms with Gasteiger partial charge in [0, 0.05) is 18.9 Å². The van der Waals surface area contributed by atoms with Crippen LogP contribution in [0.2, 0.25) is 0 Å². The van der Waals surface area contributed by atoms with E-state index in [0.717, 1.165) is 5.69 Å². The predicted molar refractivity (Wildman–Crippen MR) is 68.1 cm³/mol. The number of pyridine rings is 1. The van der Waals surface area contributed by atoms with Crippen molar-refractivity contribution in [2.24, 2.45) is 0 Å². The minimum Gasteiger partial charge on any atom is -0.310 e. The monoisotopic (exact) mass is 237 g/mol. The Morgan fingerprint density at radius 2 is 2.00 bits per heavy atom. The number of benzene rings is 1. The van der Waals surface area contributed by atoms with Crippen molar-refractivity contribution in [3.05, 3.63) is 59.9 Å². The maximum atomic E-state index is 12.2. The lowest BCUT2D eigenvalue weighted by atomic mass is 10.2. The quantitative estimate of drug-likeness (QED) is 0.804. The second kappa shape index (κ2) is 5.11. The van der Waals surface area contributed by atoms with E-state index in [0.29, 0.717) is 5.56 Å². The normalized spacial score (nSPS) is 9.56. The third kappa shape index (κ3) is 2.36. The number of hydrogen-bond donors (Lipinski definition) is 0. The number of amides is 1. The van der Waals surface area contributed by atoms with Gasteiger partial charge in [-0.25, -0.2) is 0 Å². The zero-order valence-corrected chi connectivity index (χ0v) is 9.87. The lowest BCUT2D eigenvalue weighted by Gasteiger charge is -2.16. The average Bonchev–Trinajstić information content (AvgIpc) is 2.46. The molecule has 2 rings (SSSR count). The Balaban J connectivity index is 2.29. The molecule has 0 unspecified atom stereocenters. The van der Waals surface area contributed by atoms with Gasteiger partial charge in [0.1, 0.15) is 5.69 Å². The summed E-state index contributed by atoms with van der Waals surface area (Å²) in [6.45, 7) is 0. The molecule has 0 bridgehead atoms. The highest BCUT2D eigenvalue weighted by Crippen LogP contribution is 2.14. The maximum Gasteiger partial charge on any atom is 0.276 e. The van der Waals surface area contributed by atoms with Crippen molar-refractivity contribution in [3.8, 4) is 6.07 Å². The molecular formula is C14H11N3O. The predicted octanol–water partition coefficient (Wildman–Crippen LogP) is 2.23. The fourth-order valence-corrected chi connectivity index (χ4v) is 1.56. The van der Waals surface area contributed by atoms with E-state index in [4.69, 9.17) is 5.26 Å². The molecule has 4 nitrogen and oxygen atoms in total. The Hall–Kier alpha value is -2.67. The summed E-state index contributed by atoms with van der Waals surface area (Å²) in [5, 5.41) is 8.80. The number of para-hydroxylation sites is 1. The van der Waals surface area contributed by atoms with E-state index in [1.54, 1.807) is 13.1 Å². The zero-order chi connectivity index (χ0) is 13.0. The first kappa shape index (κ1) is 11.8. The molecule has 0 saturated carbocycles. The molecule has 0 saturated heterocycles. The highest BCUT2D eigenvalue weighted by atomic mass is 16.2. The Kier molecular flexibility index (Phi) is 3.35. The van der Waals surface area contributed by atoms with Crippen molar-refractivity contribution in [1.29, 1.82) is 5.26 Å². The van der Waals surface area contributed by atoms with E-state index in [1.165, 1.54) is 17.2 Å². The summed E-state index contributed by atoms with van der Waals surface area (Å²) in [6.07, 6.45) is 1.46. The number of anilines is 1. The van der Waals surface area contributed by atoms with E-state index < -0.39 is 0 Å². The summed E-state index contributed by atoms with van der Waals surface area (Å²) >= 11 is 0. The first-order valence-corrected chi connectivity index (χ1v) is 5.41. The van der Waals surface area contributed by atoms with Crippen LogP contribution in [-0.2, 0) is 0 Å². The summed E-state index contributed by atoms with van der Waals surface area (Å²) in [5.41, 5.74) is 1.47. The molecule has 0 N–H and O–H groups in total. The molecule has 2 aromatic rings. The molecular weight excluding hydrogens is 226 g/mol. The molecule has 1 aromatic heterocycles. The largest absolute Gasteiger partial charge is 0.310 e. The molecule has 0 radical (unpaired) electrons. The Morgan fingerprint density at radius 3 is 2.67 bits per heavy atom. The molecule has 0 aliphatic rings. The molecule has 88 valence electrons. The van der Waals surface area contributed by atoms with Crippen molar-refractivity contribution in [2.75, 3.05) is 11.9 Å². The van der Waals surface area contributed by atoms with Gasteiger partial charge in [-0.1, -0.05) is 18.2 Å². The Morgan fingerprint density at radius 1 is 1.28 bits per heavy atom. The second-order valence-corrected chi connectivity index (χ2v) is 3.74. The molecule has 1 amide bonds. The van der Waals surface area contributed by atoms with Crippen LogP contribution in [0.25, 0.3) is 0 Å². The van der Waals surface area contributed by atoms with Crippen LogP contribution in [0.3, 0.4) is 0 Å². The molecule has 1 aromatic carbocycles. The number of carbonyl (C=O) groups is 1. The van der Waals surface area contributed by atoms with Gasteiger partial charge in [0.05, 0.1) is 11.6 Å². The number of nitriles is 1. The van der Waals surface area contributed by atoms with Gasteiger partial charge in [0.25, 0.3) is 5.91 Å². The van der Waals surface area contributed by atoms with Gasteiger partial charge in [-0.3, -0.25) is 9.78 Å². The minimum absolute atomic E-state index is 0.238. The van der Waals surface area contributed by atoms with Crippen LogP contribution in [0, 0.1) is 11.3 Å².